The molecule has 0 unspecified atom stereocenters. The van der Waals surface area contributed by atoms with E-state index >= 15 is 0 Å². The van der Waals surface area contributed by atoms with Crippen molar-refractivity contribution in [3.8, 4) is 33.9 Å². The number of phenolic OH excluding ortho intramolecular Hbond substituents is 1. The van der Waals surface area contributed by atoms with Gasteiger partial charge in [-0.05, 0) is 29.8 Å². The summed E-state index contributed by atoms with van der Waals surface area (Å²) in [4.78, 5) is 26.3. The van der Waals surface area contributed by atoms with Crippen molar-refractivity contribution in [1.82, 2.24) is 0 Å². The van der Waals surface area contributed by atoms with Crippen LogP contribution in [0.2, 0.25) is 0 Å². The smallest absolute Gasteiger partial charge is 0.325 e. The minimum Gasteiger partial charge on any atom is -0.505 e. The molecule has 11 nitrogen and oxygen atoms in total. The molecule has 1 aliphatic carbocycles. The molecular formula is C32H33F2NO10. The van der Waals surface area contributed by atoms with Crippen molar-refractivity contribution in [2.24, 2.45) is 0 Å². The largest absolute Gasteiger partial charge is 0.505 e. The van der Waals surface area contributed by atoms with Gasteiger partial charge in [0, 0.05) is 35.2 Å². The Morgan fingerprint density at radius 3 is 2.22 bits per heavy atom. The number of carbonyl (C=O) groups is 1. The number of benzene rings is 3. The van der Waals surface area contributed by atoms with Gasteiger partial charge < -0.3 is 42.8 Å². The van der Waals surface area contributed by atoms with Crippen LogP contribution in [-0.4, -0.2) is 90.7 Å². The maximum atomic E-state index is 14.7. The van der Waals surface area contributed by atoms with E-state index in [1.807, 2.05) is 0 Å². The highest BCUT2D eigenvalue weighted by molar-refractivity contribution is 6.02. The second-order valence-electron chi connectivity index (χ2n) is 10.0. The summed E-state index contributed by atoms with van der Waals surface area (Å²) < 4.78 is 68.5. The monoisotopic (exact) mass is 629 g/mol. The zero-order valence-electron chi connectivity index (χ0n) is 24.6. The fraction of sp³-hybridized carbons (Fsp3) is 0.375. The van der Waals surface area contributed by atoms with E-state index in [1.165, 1.54) is 7.11 Å². The molecule has 0 fully saturated rings. The number of rotatable bonds is 3. The normalized spacial score (nSPS) is 16.0. The van der Waals surface area contributed by atoms with Crippen molar-refractivity contribution in [3.05, 3.63) is 64.3 Å². The average Bonchev–Trinajstić information content (AvgIpc) is 3.02. The van der Waals surface area contributed by atoms with Gasteiger partial charge in [0.25, 0.3) is 0 Å². The maximum absolute atomic E-state index is 14.7. The number of ether oxygens (including phenoxy) is 6. The number of nitrogens with zero attached hydrogens (tertiary/aromatic N) is 1. The number of halogens is 2. The Bertz CT molecular complexity index is 1660. The van der Waals surface area contributed by atoms with Crippen LogP contribution in [0.3, 0.4) is 0 Å². The molecule has 0 spiro atoms. The number of anilines is 1. The van der Waals surface area contributed by atoms with E-state index in [2.05, 4.69) is 0 Å². The maximum Gasteiger partial charge on any atom is 0.325 e. The standard InChI is InChI=1S/C32H33F2NO10/c1-39-31(38)19-35-4-5-40-6-7-41-8-9-42-10-11-43-12-13-44-30-14-20(2-3-25(30)35)32-21-15-23(33)26(36)17-28(21)45-29-18-27(37)24(34)16-22(29)32/h2-3,14-18,36H,4-13,19H2,1H3. The predicted molar refractivity (Wildman–Crippen MR) is 159 cm³/mol. The van der Waals surface area contributed by atoms with Crippen LogP contribution in [0, 0.1) is 11.6 Å². The van der Waals surface area contributed by atoms with E-state index in [-0.39, 0.29) is 48.7 Å². The fourth-order valence-electron chi connectivity index (χ4n) is 4.91. The van der Waals surface area contributed by atoms with Crippen LogP contribution in [0.25, 0.3) is 33.4 Å². The van der Waals surface area contributed by atoms with Gasteiger partial charge in [0.2, 0.25) is 5.43 Å². The Labute approximate surface area is 257 Å². The summed E-state index contributed by atoms with van der Waals surface area (Å²) in [6.07, 6.45) is 0. The fourth-order valence-corrected chi connectivity index (χ4v) is 4.91. The van der Waals surface area contributed by atoms with Crippen molar-refractivity contribution in [3.63, 3.8) is 0 Å². The molecule has 0 amide bonds. The van der Waals surface area contributed by atoms with Crippen LogP contribution >= 0.6 is 0 Å². The van der Waals surface area contributed by atoms with Crippen molar-refractivity contribution >= 4 is 22.6 Å². The van der Waals surface area contributed by atoms with Crippen LogP contribution in [0.1, 0.15) is 0 Å². The SMILES string of the molecule is COC(=O)CN1CCOCCOCCOCCOCCOc2cc(-c3c4cc(F)c(=O)cc-4oc4cc(O)c(F)cc34)ccc21. The molecule has 3 aliphatic rings. The third-order valence-electron chi connectivity index (χ3n) is 7.09. The number of methoxy groups -OCH3 is 1. The van der Waals surface area contributed by atoms with Gasteiger partial charge in [-0.3, -0.25) is 9.59 Å². The number of aromatic hydroxyl groups is 1. The Kier molecular flexibility index (Phi) is 10.8. The van der Waals surface area contributed by atoms with Crippen molar-refractivity contribution in [2.45, 2.75) is 0 Å². The Morgan fingerprint density at radius 2 is 1.53 bits per heavy atom. The minimum atomic E-state index is -1.01. The van der Waals surface area contributed by atoms with Gasteiger partial charge in [-0.15, -0.1) is 0 Å². The van der Waals surface area contributed by atoms with E-state index in [4.69, 9.17) is 32.8 Å². The van der Waals surface area contributed by atoms with Gasteiger partial charge in [-0.2, -0.15) is 0 Å². The molecule has 1 N–H and O–H groups in total. The van der Waals surface area contributed by atoms with E-state index in [1.54, 1.807) is 23.1 Å². The minimum absolute atomic E-state index is 0.0404. The molecule has 45 heavy (non-hydrogen) atoms. The Balaban J connectivity index is 1.61. The number of fused-ring (bicyclic) bond motifs is 3. The van der Waals surface area contributed by atoms with Crippen LogP contribution in [0.5, 0.6) is 11.5 Å². The number of phenols is 1. The van der Waals surface area contributed by atoms with E-state index in [9.17, 15) is 23.5 Å². The first kappa shape index (κ1) is 32.1. The molecule has 0 aromatic heterocycles. The van der Waals surface area contributed by atoms with Crippen LogP contribution in [-0.2, 0) is 28.5 Å². The highest BCUT2D eigenvalue weighted by atomic mass is 19.1. The Morgan fingerprint density at radius 1 is 0.867 bits per heavy atom. The summed E-state index contributed by atoms with van der Waals surface area (Å²) in [6, 6.07) is 9.28. The first-order chi connectivity index (χ1) is 21.9. The molecule has 2 aromatic rings. The summed E-state index contributed by atoms with van der Waals surface area (Å²) in [7, 11) is 1.29. The number of hydrogen-bond acceptors (Lipinski definition) is 11. The lowest BCUT2D eigenvalue weighted by atomic mass is 9.93. The molecule has 0 bridgehead atoms. The molecule has 2 aromatic carbocycles. The van der Waals surface area contributed by atoms with Crippen LogP contribution in [0.15, 0.2) is 51.7 Å². The molecule has 0 radical (unpaired) electrons. The third kappa shape index (κ3) is 7.87. The number of hydrogen-bond donors (Lipinski definition) is 1. The lowest BCUT2D eigenvalue weighted by Gasteiger charge is -2.27. The average molecular weight is 630 g/mol. The summed E-state index contributed by atoms with van der Waals surface area (Å²) in [5.74, 6) is -2.69. The number of carbonyl (C=O) groups excluding carboxylic acids is 1. The topological polar surface area (TPSA) is 126 Å². The van der Waals surface area contributed by atoms with Gasteiger partial charge in [0.15, 0.2) is 17.4 Å². The number of esters is 1. The quantitative estimate of drug-likeness (QED) is 0.261. The first-order valence-electron chi connectivity index (χ1n) is 14.3. The van der Waals surface area contributed by atoms with Crippen molar-refractivity contribution in [1.29, 1.82) is 0 Å². The zero-order valence-corrected chi connectivity index (χ0v) is 24.6. The summed E-state index contributed by atoms with van der Waals surface area (Å²) in [5.41, 5.74) is 0.725. The summed E-state index contributed by atoms with van der Waals surface area (Å²) in [5, 5.41) is 10.2. The van der Waals surface area contributed by atoms with Gasteiger partial charge in [0.1, 0.15) is 30.2 Å². The molecule has 240 valence electrons. The first-order valence-corrected chi connectivity index (χ1v) is 14.3. The van der Waals surface area contributed by atoms with Crippen LogP contribution in [0.4, 0.5) is 14.5 Å². The molecule has 0 saturated heterocycles. The molecule has 2 aliphatic heterocycles. The molecule has 0 atom stereocenters. The molecule has 5 rings (SSSR count). The van der Waals surface area contributed by atoms with Gasteiger partial charge in [0.05, 0.1) is 65.7 Å². The lowest BCUT2D eigenvalue weighted by Crippen LogP contribution is -2.34. The van der Waals surface area contributed by atoms with E-state index in [0.717, 1.165) is 24.3 Å². The summed E-state index contributed by atoms with van der Waals surface area (Å²) >= 11 is 0. The second kappa shape index (κ2) is 15.1. The molecule has 2 heterocycles. The molecular weight excluding hydrogens is 596 g/mol. The predicted octanol–water partition coefficient (Wildman–Crippen LogP) is 3.99. The zero-order chi connectivity index (χ0) is 31.8. The molecule has 0 saturated carbocycles. The van der Waals surface area contributed by atoms with E-state index < -0.39 is 28.8 Å². The third-order valence-corrected chi connectivity index (χ3v) is 7.09. The van der Waals surface area contributed by atoms with Gasteiger partial charge in [-0.25, -0.2) is 8.78 Å². The van der Waals surface area contributed by atoms with Crippen molar-refractivity contribution < 1.29 is 51.5 Å². The highest BCUT2D eigenvalue weighted by Gasteiger charge is 2.24. The van der Waals surface area contributed by atoms with Crippen LogP contribution < -0.4 is 15.1 Å². The highest BCUT2D eigenvalue weighted by Crippen LogP contribution is 2.44. The van der Waals surface area contributed by atoms with Gasteiger partial charge in [-0.1, -0.05) is 6.07 Å². The van der Waals surface area contributed by atoms with E-state index in [0.29, 0.717) is 68.7 Å². The Hall–Kier alpha value is -4.30. The molecule has 13 heteroatoms. The van der Waals surface area contributed by atoms with Gasteiger partial charge >= 0.3 is 5.97 Å². The second-order valence-corrected chi connectivity index (χ2v) is 10.0. The van der Waals surface area contributed by atoms with Crippen molar-refractivity contribution in [2.75, 3.05) is 84.6 Å². The summed E-state index contributed by atoms with van der Waals surface area (Å²) in [6.45, 7) is 3.06. The lowest BCUT2D eigenvalue weighted by molar-refractivity contribution is -0.139.